The van der Waals surface area contributed by atoms with E-state index in [1.165, 1.54) is 38.1 Å². The quantitative estimate of drug-likeness (QED) is 0.197. The molecule has 2 N–H and O–H groups in total. The summed E-state index contributed by atoms with van der Waals surface area (Å²) in [7, 11) is 0. The second kappa shape index (κ2) is 13.6. The van der Waals surface area contributed by atoms with Crippen LogP contribution >= 0.6 is 0 Å². The van der Waals surface area contributed by atoms with E-state index in [1.807, 2.05) is 0 Å². The molecule has 0 saturated carbocycles. The topological polar surface area (TPSA) is 58.2 Å². The van der Waals surface area contributed by atoms with Crippen molar-refractivity contribution in [2.24, 2.45) is 0 Å². The van der Waals surface area contributed by atoms with E-state index in [0.29, 0.717) is 25.9 Å². The predicted octanol–water partition coefficient (Wildman–Crippen LogP) is 5.31. The first-order valence-corrected chi connectivity index (χ1v) is 17.2. The Balaban J connectivity index is 1.92. The molecular weight excluding hydrogens is 568 g/mol. The normalized spacial score (nSPS) is 14.8. The Bertz CT molecular complexity index is 1300. The number of allylic oxidation sites excluding steroid dienone is 8. The zero-order valence-corrected chi connectivity index (χ0v) is 24.7. The van der Waals surface area contributed by atoms with E-state index >= 15 is 17.6 Å². The average molecular weight is 602 g/mol. The van der Waals surface area contributed by atoms with Gasteiger partial charge in [0.2, 0.25) is 0 Å². The molecule has 2 aromatic rings. The van der Waals surface area contributed by atoms with Crippen LogP contribution in [0.25, 0.3) is 0 Å². The van der Waals surface area contributed by atoms with Gasteiger partial charge in [0.15, 0.2) is 0 Å². The van der Waals surface area contributed by atoms with Crippen LogP contribution in [0.15, 0.2) is 72.9 Å². The SMILES string of the molecule is CC(=O)NCCCc1ccc(F)[c]([Ti]([c]2c(F)ccc(CCCNC(C)=O)c2F)([CH]2C=CC=C2)[CH]2C=CC=C2)c1F. The number of hydrogen-bond donors (Lipinski definition) is 2. The first-order chi connectivity index (χ1) is 19.7. The van der Waals surface area contributed by atoms with E-state index in [-0.39, 0.29) is 43.5 Å². The van der Waals surface area contributed by atoms with Gasteiger partial charge in [-0.15, -0.1) is 0 Å². The molecule has 0 atom stereocenters. The molecule has 0 unspecified atom stereocenters. The Morgan fingerprint density at radius 3 is 1.37 bits per heavy atom. The second-order valence-corrected chi connectivity index (χ2v) is 16.8. The second-order valence-electron chi connectivity index (χ2n) is 10.4. The van der Waals surface area contributed by atoms with Crippen LogP contribution in [0.2, 0.25) is 8.45 Å². The Hall–Kier alpha value is -3.23. The molecule has 4 rings (SSSR count). The van der Waals surface area contributed by atoms with Gasteiger partial charge in [-0.1, -0.05) is 0 Å². The van der Waals surface area contributed by atoms with E-state index in [2.05, 4.69) is 10.6 Å². The summed E-state index contributed by atoms with van der Waals surface area (Å²) in [5, 5.41) is 5.34. The Morgan fingerprint density at radius 2 is 1.02 bits per heavy atom. The maximum atomic E-state index is 16.6. The fourth-order valence-electron chi connectivity index (χ4n) is 5.91. The fourth-order valence-corrected chi connectivity index (χ4v) is 14.8. The number of carbonyl (C=O) groups is 2. The third-order valence-corrected chi connectivity index (χ3v) is 16.2. The van der Waals surface area contributed by atoms with Crippen LogP contribution in [0.1, 0.15) is 37.8 Å². The van der Waals surface area contributed by atoms with Crippen molar-refractivity contribution in [2.45, 2.75) is 48.0 Å². The van der Waals surface area contributed by atoms with E-state index < -0.39 is 48.3 Å². The van der Waals surface area contributed by atoms with Gasteiger partial charge in [-0.05, 0) is 0 Å². The summed E-state index contributed by atoms with van der Waals surface area (Å²) in [6, 6.07) is 5.15. The summed E-state index contributed by atoms with van der Waals surface area (Å²) in [6.45, 7) is 3.42. The van der Waals surface area contributed by atoms with Crippen molar-refractivity contribution >= 4 is 19.6 Å². The Kier molecular flexibility index (Phi) is 10.2. The zero-order valence-electron chi connectivity index (χ0n) is 23.2. The molecule has 0 heterocycles. The van der Waals surface area contributed by atoms with Gasteiger partial charge in [0.25, 0.3) is 0 Å². The molecule has 2 aliphatic carbocycles. The minimum atomic E-state index is -4.82. The van der Waals surface area contributed by atoms with Gasteiger partial charge in [0.1, 0.15) is 0 Å². The molecule has 0 saturated heterocycles. The number of halogens is 4. The van der Waals surface area contributed by atoms with Gasteiger partial charge >= 0.3 is 242 Å². The standard InChI is InChI=1S/2C11H12F2NO.2C5H5.Ti/c2*1-8(15)14-6-2-3-9-4-5-10(12)7-11(9)13;2*1-2-4-5-3-1;/h2*4-5H,2-3,6H2,1H3,(H,14,15);2*1-5H;. The Labute approximate surface area is 241 Å². The van der Waals surface area contributed by atoms with E-state index in [0.717, 1.165) is 0 Å². The summed E-state index contributed by atoms with van der Waals surface area (Å²) in [5.74, 6) is -3.59. The molecule has 2 aliphatic rings. The van der Waals surface area contributed by atoms with Gasteiger partial charge in [-0.25, -0.2) is 0 Å². The molecule has 2 aromatic carbocycles. The number of nitrogens with one attached hydrogen (secondary N) is 2. The number of amides is 2. The fraction of sp³-hybridized carbons (Fsp3) is 0.312. The molecule has 0 bridgehead atoms. The van der Waals surface area contributed by atoms with Crippen LogP contribution in [-0.4, -0.2) is 24.9 Å². The van der Waals surface area contributed by atoms with Crippen molar-refractivity contribution in [1.29, 1.82) is 0 Å². The summed E-state index contributed by atoms with van der Waals surface area (Å²) in [5.41, 5.74) is 0.483. The first kappa shape index (κ1) is 30.7. The van der Waals surface area contributed by atoms with Crippen molar-refractivity contribution in [3.8, 4) is 0 Å². The molecule has 0 aromatic heterocycles. The van der Waals surface area contributed by atoms with E-state index in [4.69, 9.17) is 0 Å². The monoisotopic (exact) mass is 602 g/mol. The van der Waals surface area contributed by atoms with Crippen molar-refractivity contribution < 1.29 is 43.7 Å². The van der Waals surface area contributed by atoms with Crippen molar-refractivity contribution in [3.05, 3.63) is 107 Å². The average Bonchev–Trinajstić information content (AvgIpc) is 3.65. The Morgan fingerprint density at radius 1 is 0.659 bits per heavy atom. The molecular formula is C32H34F4N2O2Ti. The molecule has 0 fully saturated rings. The molecule has 41 heavy (non-hydrogen) atoms. The van der Waals surface area contributed by atoms with Crippen LogP contribution in [0, 0.1) is 23.3 Å². The van der Waals surface area contributed by atoms with Crippen molar-refractivity contribution in [3.63, 3.8) is 0 Å². The summed E-state index contributed by atoms with van der Waals surface area (Å²) >= 11 is -4.82. The number of hydrogen-bond acceptors (Lipinski definition) is 2. The first-order valence-electron chi connectivity index (χ1n) is 13.8. The molecule has 9 heteroatoms. The van der Waals surface area contributed by atoms with Crippen LogP contribution in [-0.2, 0) is 39.0 Å². The van der Waals surface area contributed by atoms with Crippen LogP contribution in [0.3, 0.4) is 0 Å². The number of benzene rings is 2. The molecule has 0 radical (unpaired) electrons. The molecule has 2 amide bonds. The van der Waals surface area contributed by atoms with Crippen LogP contribution in [0.4, 0.5) is 17.6 Å². The molecule has 0 aliphatic heterocycles. The van der Waals surface area contributed by atoms with Crippen LogP contribution in [0.5, 0.6) is 0 Å². The zero-order chi connectivity index (χ0) is 29.6. The number of rotatable bonds is 12. The molecule has 0 spiro atoms. The number of aryl methyl sites for hydroxylation is 2. The summed E-state index contributed by atoms with van der Waals surface area (Å²) in [4.78, 5) is 22.5. The van der Waals surface area contributed by atoms with Gasteiger partial charge in [0.05, 0.1) is 0 Å². The van der Waals surface area contributed by atoms with Crippen molar-refractivity contribution in [2.75, 3.05) is 13.1 Å². The summed E-state index contributed by atoms with van der Waals surface area (Å²) < 4.78 is 63.8. The predicted molar refractivity (Wildman–Crippen MR) is 150 cm³/mol. The van der Waals surface area contributed by atoms with E-state index in [1.54, 1.807) is 48.6 Å². The molecule has 216 valence electrons. The third-order valence-electron chi connectivity index (χ3n) is 7.71. The third kappa shape index (κ3) is 6.49. The van der Waals surface area contributed by atoms with Gasteiger partial charge < -0.3 is 0 Å². The maximum absolute atomic E-state index is 16.6. The van der Waals surface area contributed by atoms with Crippen molar-refractivity contribution in [1.82, 2.24) is 10.6 Å². The summed E-state index contributed by atoms with van der Waals surface area (Å²) in [6.07, 6.45) is 15.5. The minimum absolute atomic E-state index is 0.207. The van der Waals surface area contributed by atoms with Gasteiger partial charge in [-0.3, -0.25) is 0 Å². The number of carbonyl (C=O) groups excluding carboxylic acids is 2. The van der Waals surface area contributed by atoms with Crippen LogP contribution < -0.4 is 18.4 Å². The van der Waals surface area contributed by atoms with Gasteiger partial charge in [0, 0.05) is 0 Å². The molecule has 4 nitrogen and oxygen atoms in total. The van der Waals surface area contributed by atoms with Gasteiger partial charge in [-0.2, -0.15) is 0 Å². The van der Waals surface area contributed by atoms with E-state index in [9.17, 15) is 9.59 Å².